The van der Waals surface area contributed by atoms with Gasteiger partial charge in [0.1, 0.15) is 0 Å². The van der Waals surface area contributed by atoms with Crippen molar-refractivity contribution in [2.75, 3.05) is 5.32 Å². The summed E-state index contributed by atoms with van der Waals surface area (Å²) >= 11 is 0. The summed E-state index contributed by atoms with van der Waals surface area (Å²) in [5.41, 5.74) is 4.60. The van der Waals surface area contributed by atoms with Crippen molar-refractivity contribution in [1.29, 1.82) is 0 Å². The van der Waals surface area contributed by atoms with Gasteiger partial charge >= 0.3 is 0 Å². The molecule has 0 aliphatic carbocycles. The van der Waals surface area contributed by atoms with Crippen LogP contribution in [0.15, 0.2) is 42.5 Å². The Hall–Kier alpha value is -2.62. The Bertz CT molecular complexity index is 708. The largest absolute Gasteiger partial charge is 0.348 e. The van der Waals surface area contributed by atoms with E-state index in [-0.39, 0.29) is 11.8 Å². The van der Waals surface area contributed by atoms with Gasteiger partial charge in [-0.15, -0.1) is 0 Å². The van der Waals surface area contributed by atoms with E-state index in [1.165, 1.54) is 12.5 Å². The molecule has 4 nitrogen and oxygen atoms in total. The fourth-order valence-corrected chi connectivity index (χ4v) is 2.26. The van der Waals surface area contributed by atoms with Crippen LogP contribution in [-0.2, 0) is 11.3 Å². The maximum absolute atomic E-state index is 12.2. The van der Waals surface area contributed by atoms with Crippen LogP contribution in [0, 0.1) is 13.8 Å². The summed E-state index contributed by atoms with van der Waals surface area (Å²) in [5.74, 6) is -0.319. The summed E-state index contributed by atoms with van der Waals surface area (Å²) in [6.45, 7) is 6.00. The fourth-order valence-electron chi connectivity index (χ4n) is 2.26. The smallest absolute Gasteiger partial charge is 0.251 e. The first kappa shape index (κ1) is 15.8. The summed E-state index contributed by atoms with van der Waals surface area (Å²) in [7, 11) is 0. The van der Waals surface area contributed by atoms with Gasteiger partial charge in [-0.1, -0.05) is 29.8 Å². The molecule has 0 unspecified atom stereocenters. The lowest BCUT2D eigenvalue weighted by Crippen LogP contribution is -2.23. The Kier molecular flexibility index (Phi) is 4.94. The Morgan fingerprint density at radius 1 is 1.05 bits per heavy atom. The molecule has 0 heterocycles. The minimum Gasteiger partial charge on any atom is -0.348 e. The lowest BCUT2D eigenvalue weighted by molar-refractivity contribution is -0.114. The molecule has 0 spiro atoms. The molecule has 0 saturated carbocycles. The molecule has 2 aromatic carbocycles. The number of amides is 2. The van der Waals surface area contributed by atoms with Crippen LogP contribution < -0.4 is 10.6 Å². The predicted octanol–water partition coefficient (Wildman–Crippen LogP) is 3.19. The molecule has 0 aliphatic heterocycles. The maximum Gasteiger partial charge on any atom is 0.251 e. The third kappa shape index (κ3) is 4.19. The van der Waals surface area contributed by atoms with Crippen LogP contribution in [0.25, 0.3) is 0 Å². The van der Waals surface area contributed by atoms with E-state index in [1.54, 1.807) is 24.3 Å². The Morgan fingerprint density at radius 3 is 2.50 bits per heavy atom. The van der Waals surface area contributed by atoms with Crippen molar-refractivity contribution < 1.29 is 9.59 Å². The highest BCUT2D eigenvalue weighted by Gasteiger charge is 2.07. The maximum atomic E-state index is 12.2. The summed E-state index contributed by atoms with van der Waals surface area (Å²) in [6, 6.07) is 13.0. The van der Waals surface area contributed by atoms with E-state index < -0.39 is 0 Å². The minimum atomic E-state index is -0.160. The molecule has 2 aromatic rings. The summed E-state index contributed by atoms with van der Waals surface area (Å²) in [5, 5.41) is 5.57. The van der Waals surface area contributed by atoms with Gasteiger partial charge in [0.05, 0.1) is 0 Å². The van der Waals surface area contributed by atoms with Crippen molar-refractivity contribution in [3.63, 3.8) is 0 Å². The second-order valence-corrected chi connectivity index (χ2v) is 5.37. The predicted molar refractivity (Wildman–Crippen MR) is 87.8 cm³/mol. The summed E-state index contributed by atoms with van der Waals surface area (Å²) in [4.78, 5) is 23.3. The number of anilines is 1. The Morgan fingerprint density at radius 2 is 1.82 bits per heavy atom. The van der Waals surface area contributed by atoms with Crippen molar-refractivity contribution in [1.82, 2.24) is 5.32 Å². The Labute approximate surface area is 130 Å². The number of benzene rings is 2. The highest BCUT2D eigenvalue weighted by molar-refractivity contribution is 5.96. The average Bonchev–Trinajstić information content (AvgIpc) is 2.45. The minimum absolute atomic E-state index is 0.159. The van der Waals surface area contributed by atoms with Gasteiger partial charge in [0.25, 0.3) is 5.91 Å². The van der Waals surface area contributed by atoms with E-state index in [9.17, 15) is 9.59 Å². The van der Waals surface area contributed by atoms with Crippen molar-refractivity contribution in [2.45, 2.75) is 27.3 Å². The molecule has 22 heavy (non-hydrogen) atoms. The van der Waals surface area contributed by atoms with Crippen molar-refractivity contribution in [2.24, 2.45) is 0 Å². The average molecular weight is 296 g/mol. The monoisotopic (exact) mass is 296 g/mol. The number of hydrogen-bond donors (Lipinski definition) is 2. The summed E-state index contributed by atoms with van der Waals surface area (Å²) in [6.07, 6.45) is 0. The first-order valence-electron chi connectivity index (χ1n) is 7.17. The first-order valence-corrected chi connectivity index (χ1v) is 7.17. The number of carbonyl (C=O) groups excluding carboxylic acids is 2. The molecular formula is C18H20N2O2. The summed E-state index contributed by atoms with van der Waals surface area (Å²) < 4.78 is 0. The second kappa shape index (κ2) is 6.89. The molecule has 0 fully saturated rings. The van der Waals surface area contributed by atoms with Gasteiger partial charge < -0.3 is 10.6 Å². The molecule has 0 atom stereocenters. The second-order valence-electron chi connectivity index (χ2n) is 5.37. The molecule has 0 aliphatic rings. The molecule has 0 saturated heterocycles. The van der Waals surface area contributed by atoms with Crippen molar-refractivity contribution >= 4 is 17.5 Å². The lowest BCUT2D eigenvalue weighted by Gasteiger charge is -2.10. The molecule has 0 bridgehead atoms. The van der Waals surface area contributed by atoms with Gasteiger partial charge in [-0.2, -0.15) is 0 Å². The van der Waals surface area contributed by atoms with E-state index in [1.807, 2.05) is 26.0 Å². The molecule has 2 N–H and O–H groups in total. The quantitative estimate of drug-likeness (QED) is 0.910. The highest BCUT2D eigenvalue weighted by Crippen LogP contribution is 2.12. The van der Waals surface area contributed by atoms with Gasteiger partial charge in [-0.3, -0.25) is 9.59 Å². The molecule has 2 amide bonds. The van der Waals surface area contributed by atoms with Crippen LogP contribution in [0.3, 0.4) is 0 Å². The van der Waals surface area contributed by atoms with Gasteiger partial charge in [0, 0.05) is 24.7 Å². The molecule has 4 heteroatoms. The van der Waals surface area contributed by atoms with E-state index >= 15 is 0 Å². The van der Waals surface area contributed by atoms with Crippen LogP contribution in [0.4, 0.5) is 5.69 Å². The fraction of sp³-hybridized carbons (Fsp3) is 0.222. The number of nitrogens with one attached hydrogen (secondary N) is 2. The molecule has 2 rings (SSSR count). The molecule has 0 radical (unpaired) electrons. The Balaban J connectivity index is 2.04. The lowest BCUT2D eigenvalue weighted by atomic mass is 10.1. The number of hydrogen-bond acceptors (Lipinski definition) is 2. The number of carbonyl (C=O) groups is 2. The van der Waals surface area contributed by atoms with E-state index in [0.29, 0.717) is 17.8 Å². The zero-order chi connectivity index (χ0) is 16.1. The zero-order valence-corrected chi connectivity index (χ0v) is 13.1. The topological polar surface area (TPSA) is 58.2 Å². The van der Waals surface area contributed by atoms with E-state index in [0.717, 1.165) is 11.1 Å². The standard InChI is InChI=1S/C18H20N2O2/c1-12-7-8-16(13(2)9-12)11-19-18(22)15-5-4-6-17(10-15)20-14(3)21/h4-10H,11H2,1-3H3,(H,19,22)(H,20,21). The van der Waals surface area contributed by atoms with Crippen LogP contribution in [0.2, 0.25) is 0 Å². The highest BCUT2D eigenvalue weighted by atomic mass is 16.2. The van der Waals surface area contributed by atoms with Crippen LogP contribution >= 0.6 is 0 Å². The van der Waals surface area contributed by atoms with Crippen LogP contribution in [-0.4, -0.2) is 11.8 Å². The van der Waals surface area contributed by atoms with E-state index in [2.05, 4.69) is 16.7 Å². The zero-order valence-electron chi connectivity index (χ0n) is 13.1. The van der Waals surface area contributed by atoms with Crippen molar-refractivity contribution in [3.05, 3.63) is 64.7 Å². The molecular weight excluding hydrogens is 276 g/mol. The van der Waals surface area contributed by atoms with Gasteiger partial charge in [0.15, 0.2) is 0 Å². The molecule has 0 aromatic heterocycles. The first-order chi connectivity index (χ1) is 10.5. The van der Waals surface area contributed by atoms with Gasteiger partial charge in [0.2, 0.25) is 5.91 Å². The number of rotatable bonds is 4. The van der Waals surface area contributed by atoms with Crippen LogP contribution in [0.5, 0.6) is 0 Å². The molecule has 114 valence electrons. The SMILES string of the molecule is CC(=O)Nc1cccc(C(=O)NCc2ccc(C)cc2C)c1. The number of aryl methyl sites for hydroxylation is 2. The third-order valence-corrected chi connectivity index (χ3v) is 3.38. The van der Waals surface area contributed by atoms with E-state index in [4.69, 9.17) is 0 Å². The van der Waals surface area contributed by atoms with Gasteiger partial charge in [-0.05, 0) is 43.2 Å². The normalized spacial score (nSPS) is 10.1. The van der Waals surface area contributed by atoms with Crippen molar-refractivity contribution in [3.8, 4) is 0 Å². The van der Waals surface area contributed by atoms with Crippen LogP contribution in [0.1, 0.15) is 34.0 Å². The van der Waals surface area contributed by atoms with Gasteiger partial charge in [-0.25, -0.2) is 0 Å². The third-order valence-electron chi connectivity index (χ3n) is 3.38.